The Hall–Kier alpha value is -2.89. The lowest BCUT2D eigenvalue weighted by Gasteiger charge is -2.15. The van der Waals surface area contributed by atoms with Crippen molar-refractivity contribution in [3.8, 4) is 0 Å². The standard InChI is InChI=1S/C19H21N3O3/c1-13(23)22-12-14(15-6-3-4-8-17(15)22)9-10-18(24)20-16-7-5-11-21(2)19(16)25/h3-8,11,14H,9-10,12H2,1-2H3,(H,20,24). The number of benzene rings is 1. The number of hydrogen-bond donors (Lipinski definition) is 1. The first-order valence-electron chi connectivity index (χ1n) is 8.30. The highest BCUT2D eigenvalue weighted by Gasteiger charge is 2.30. The second kappa shape index (κ2) is 6.93. The summed E-state index contributed by atoms with van der Waals surface area (Å²) in [5.41, 5.74) is 2.08. The van der Waals surface area contributed by atoms with Crippen LogP contribution in [-0.4, -0.2) is 22.9 Å². The molecule has 0 saturated carbocycles. The Labute approximate surface area is 146 Å². The zero-order valence-electron chi connectivity index (χ0n) is 14.4. The first kappa shape index (κ1) is 17.0. The Kier molecular flexibility index (Phi) is 4.70. The average molecular weight is 339 g/mol. The van der Waals surface area contributed by atoms with Crippen molar-refractivity contribution in [3.63, 3.8) is 0 Å². The molecule has 2 amide bonds. The minimum Gasteiger partial charge on any atom is -0.321 e. The van der Waals surface area contributed by atoms with Gasteiger partial charge < -0.3 is 14.8 Å². The Morgan fingerprint density at radius 1 is 1.20 bits per heavy atom. The fourth-order valence-electron chi connectivity index (χ4n) is 3.25. The number of nitrogens with zero attached hydrogens (tertiary/aromatic N) is 2. The summed E-state index contributed by atoms with van der Waals surface area (Å²) in [5.74, 6) is -0.0568. The molecule has 1 unspecified atom stereocenters. The van der Waals surface area contributed by atoms with Crippen LogP contribution in [0.5, 0.6) is 0 Å². The zero-order chi connectivity index (χ0) is 18.0. The summed E-state index contributed by atoms with van der Waals surface area (Å²) >= 11 is 0. The fourth-order valence-corrected chi connectivity index (χ4v) is 3.25. The average Bonchev–Trinajstić information content (AvgIpc) is 2.96. The molecule has 1 atom stereocenters. The Morgan fingerprint density at radius 3 is 2.72 bits per heavy atom. The van der Waals surface area contributed by atoms with E-state index in [-0.39, 0.29) is 29.0 Å². The number of para-hydroxylation sites is 1. The van der Waals surface area contributed by atoms with E-state index in [1.165, 1.54) is 4.57 Å². The van der Waals surface area contributed by atoms with Gasteiger partial charge in [-0.1, -0.05) is 18.2 Å². The number of aryl methyl sites for hydroxylation is 1. The summed E-state index contributed by atoms with van der Waals surface area (Å²) < 4.78 is 1.42. The normalized spacial score (nSPS) is 15.8. The van der Waals surface area contributed by atoms with Crippen LogP contribution in [0, 0.1) is 0 Å². The van der Waals surface area contributed by atoms with Crippen LogP contribution in [0.4, 0.5) is 11.4 Å². The number of carbonyl (C=O) groups excluding carboxylic acids is 2. The smallest absolute Gasteiger partial charge is 0.274 e. The van der Waals surface area contributed by atoms with Gasteiger partial charge in [0.2, 0.25) is 11.8 Å². The fraction of sp³-hybridized carbons (Fsp3) is 0.316. The number of carbonyl (C=O) groups is 2. The van der Waals surface area contributed by atoms with Gasteiger partial charge in [-0.15, -0.1) is 0 Å². The van der Waals surface area contributed by atoms with Crippen molar-refractivity contribution in [2.75, 3.05) is 16.8 Å². The van der Waals surface area contributed by atoms with E-state index in [0.717, 1.165) is 11.3 Å². The number of amides is 2. The summed E-state index contributed by atoms with van der Waals surface area (Å²) in [4.78, 5) is 37.7. The number of fused-ring (bicyclic) bond motifs is 1. The first-order chi connectivity index (χ1) is 12.0. The molecule has 1 aromatic carbocycles. The molecule has 1 aromatic heterocycles. The molecule has 0 bridgehead atoms. The third-order valence-corrected chi connectivity index (χ3v) is 4.57. The molecule has 0 radical (unpaired) electrons. The molecule has 2 aromatic rings. The van der Waals surface area contributed by atoms with Crippen LogP contribution in [0.2, 0.25) is 0 Å². The van der Waals surface area contributed by atoms with E-state index >= 15 is 0 Å². The summed E-state index contributed by atoms with van der Waals surface area (Å²) in [7, 11) is 1.64. The minimum atomic E-state index is -0.232. The lowest BCUT2D eigenvalue weighted by atomic mass is 9.96. The number of pyridine rings is 1. The third kappa shape index (κ3) is 3.47. The van der Waals surface area contributed by atoms with Gasteiger partial charge in [-0.25, -0.2) is 0 Å². The molecule has 1 aliphatic rings. The quantitative estimate of drug-likeness (QED) is 0.929. The largest absolute Gasteiger partial charge is 0.321 e. The monoisotopic (exact) mass is 339 g/mol. The number of nitrogens with one attached hydrogen (secondary N) is 1. The summed E-state index contributed by atoms with van der Waals surface area (Å²) in [5, 5.41) is 2.68. The molecule has 6 heteroatoms. The van der Waals surface area contributed by atoms with Crippen LogP contribution >= 0.6 is 0 Å². The van der Waals surface area contributed by atoms with E-state index in [0.29, 0.717) is 19.4 Å². The predicted octanol–water partition coefficient (Wildman–Crippen LogP) is 2.25. The van der Waals surface area contributed by atoms with Crippen LogP contribution in [0.25, 0.3) is 0 Å². The van der Waals surface area contributed by atoms with Gasteiger partial charge in [-0.05, 0) is 30.2 Å². The Bertz CT molecular complexity index is 872. The molecule has 25 heavy (non-hydrogen) atoms. The molecule has 3 rings (SSSR count). The maximum absolute atomic E-state index is 12.2. The maximum Gasteiger partial charge on any atom is 0.274 e. The van der Waals surface area contributed by atoms with Crippen molar-refractivity contribution in [2.45, 2.75) is 25.7 Å². The van der Waals surface area contributed by atoms with Gasteiger partial charge in [0.1, 0.15) is 5.69 Å². The second-order valence-corrected chi connectivity index (χ2v) is 6.31. The lowest BCUT2D eigenvalue weighted by molar-refractivity contribution is -0.116. The summed E-state index contributed by atoms with van der Waals surface area (Å²) in [6, 6.07) is 11.1. The molecule has 0 aliphatic carbocycles. The zero-order valence-corrected chi connectivity index (χ0v) is 14.4. The SMILES string of the molecule is CC(=O)N1CC(CCC(=O)Nc2cccn(C)c2=O)c2ccccc21. The number of anilines is 2. The van der Waals surface area contributed by atoms with Gasteiger partial charge >= 0.3 is 0 Å². The van der Waals surface area contributed by atoms with Crippen molar-refractivity contribution < 1.29 is 9.59 Å². The molecular formula is C19H21N3O3. The van der Waals surface area contributed by atoms with Gasteiger partial charge in [-0.3, -0.25) is 14.4 Å². The lowest BCUT2D eigenvalue weighted by Crippen LogP contribution is -2.27. The van der Waals surface area contributed by atoms with E-state index in [9.17, 15) is 14.4 Å². The van der Waals surface area contributed by atoms with Crippen molar-refractivity contribution in [1.29, 1.82) is 0 Å². The summed E-state index contributed by atoms with van der Waals surface area (Å²) in [6.45, 7) is 2.14. The highest BCUT2D eigenvalue weighted by atomic mass is 16.2. The minimum absolute atomic E-state index is 0.00665. The summed E-state index contributed by atoms with van der Waals surface area (Å²) in [6.07, 6.45) is 2.56. The van der Waals surface area contributed by atoms with Crippen molar-refractivity contribution in [2.24, 2.45) is 7.05 Å². The molecule has 6 nitrogen and oxygen atoms in total. The van der Waals surface area contributed by atoms with Crippen molar-refractivity contribution >= 4 is 23.2 Å². The van der Waals surface area contributed by atoms with Crippen LogP contribution in [0.1, 0.15) is 31.2 Å². The third-order valence-electron chi connectivity index (χ3n) is 4.57. The van der Waals surface area contributed by atoms with E-state index in [4.69, 9.17) is 0 Å². The van der Waals surface area contributed by atoms with Gasteiger partial charge in [0.05, 0.1) is 0 Å². The van der Waals surface area contributed by atoms with Crippen LogP contribution in [0.3, 0.4) is 0 Å². The van der Waals surface area contributed by atoms with Crippen LogP contribution < -0.4 is 15.8 Å². The van der Waals surface area contributed by atoms with Crippen molar-refractivity contribution in [3.05, 3.63) is 58.5 Å². The van der Waals surface area contributed by atoms with Crippen LogP contribution in [-0.2, 0) is 16.6 Å². The topological polar surface area (TPSA) is 71.4 Å². The Balaban J connectivity index is 1.66. The molecule has 1 aliphatic heterocycles. The van der Waals surface area contributed by atoms with Gasteiger partial charge in [-0.2, -0.15) is 0 Å². The molecular weight excluding hydrogens is 318 g/mol. The van der Waals surface area contributed by atoms with E-state index in [1.54, 1.807) is 37.2 Å². The molecule has 2 heterocycles. The van der Waals surface area contributed by atoms with Gasteiger partial charge in [0, 0.05) is 44.7 Å². The highest BCUT2D eigenvalue weighted by Crippen LogP contribution is 2.38. The molecule has 0 saturated heterocycles. The van der Waals surface area contributed by atoms with Gasteiger partial charge in [0.25, 0.3) is 5.56 Å². The number of rotatable bonds is 4. The molecule has 0 spiro atoms. The molecule has 0 fully saturated rings. The van der Waals surface area contributed by atoms with Crippen molar-refractivity contribution in [1.82, 2.24) is 4.57 Å². The predicted molar refractivity (Wildman–Crippen MR) is 96.8 cm³/mol. The van der Waals surface area contributed by atoms with Crippen LogP contribution in [0.15, 0.2) is 47.4 Å². The van der Waals surface area contributed by atoms with Gasteiger partial charge in [0.15, 0.2) is 0 Å². The van der Waals surface area contributed by atoms with E-state index in [1.807, 2.05) is 24.3 Å². The van der Waals surface area contributed by atoms with E-state index < -0.39 is 0 Å². The number of hydrogen-bond acceptors (Lipinski definition) is 3. The molecule has 1 N–H and O–H groups in total. The highest BCUT2D eigenvalue weighted by molar-refractivity contribution is 5.94. The maximum atomic E-state index is 12.2. The first-order valence-corrected chi connectivity index (χ1v) is 8.30. The Morgan fingerprint density at radius 2 is 1.96 bits per heavy atom. The number of aromatic nitrogens is 1. The van der Waals surface area contributed by atoms with E-state index in [2.05, 4.69) is 5.32 Å². The molecule has 130 valence electrons. The second-order valence-electron chi connectivity index (χ2n) is 6.31.